The Morgan fingerprint density at radius 2 is 1.71 bits per heavy atom. The highest BCUT2D eigenvalue weighted by molar-refractivity contribution is 8.18. The molecular formula is C36H31Cl2N5O4S4. The smallest absolute Gasteiger partial charge is 0.356 e. The molecule has 0 spiro atoms. The second-order valence-electron chi connectivity index (χ2n) is 11.8. The van der Waals surface area contributed by atoms with Gasteiger partial charge in [0.2, 0.25) is 5.91 Å². The van der Waals surface area contributed by atoms with Gasteiger partial charge in [0.1, 0.15) is 22.9 Å². The quantitative estimate of drug-likeness (QED) is 0.0491. The van der Waals surface area contributed by atoms with Gasteiger partial charge in [-0.05, 0) is 48.6 Å². The number of anilines is 1. The van der Waals surface area contributed by atoms with E-state index in [0.717, 1.165) is 41.6 Å². The SMILES string of the molecule is Nc1nc(SCSC2=C(C(=O)OC(c3ccccc3)c3ccccc3)N3C(=O)[C@@H](NC(=O)CSc4cc(Cl)ccc4Cl)[C@H]3SC2)nc2c1CCC2. The second-order valence-corrected chi connectivity index (χ2v) is 17.1. The van der Waals surface area contributed by atoms with Crippen LogP contribution in [-0.2, 0) is 32.0 Å². The summed E-state index contributed by atoms with van der Waals surface area (Å²) in [6.07, 6.45) is 2.09. The highest BCUT2D eigenvalue weighted by Gasteiger charge is 2.54. The number of hydrogen-bond donors (Lipinski definition) is 2. The van der Waals surface area contributed by atoms with Gasteiger partial charge in [0.05, 0.1) is 21.6 Å². The molecule has 1 aliphatic carbocycles. The van der Waals surface area contributed by atoms with Crippen LogP contribution in [0.3, 0.4) is 0 Å². The van der Waals surface area contributed by atoms with E-state index < -0.39 is 23.5 Å². The van der Waals surface area contributed by atoms with E-state index in [1.807, 2.05) is 60.7 Å². The number of rotatable bonds is 12. The van der Waals surface area contributed by atoms with Gasteiger partial charge in [-0.3, -0.25) is 14.5 Å². The molecule has 0 unspecified atom stereocenters. The van der Waals surface area contributed by atoms with Crippen LogP contribution in [-0.4, -0.2) is 60.7 Å². The average Bonchev–Trinajstić information content (AvgIpc) is 3.63. The fourth-order valence-corrected chi connectivity index (χ4v) is 11.0. The first-order valence-corrected chi connectivity index (χ1v) is 20.8. The molecule has 2 amide bonds. The molecule has 4 aromatic rings. The molecule has 15 heteroatoms. The zero-order chi connectivity index (χ0) is 35.5. The van der Waals surface area contributed by atoms with Crippen molar-refractivity contribution in [2.45, 2.75) is 46.8 Å². The van der Waals surface area contributed by atoms with Crippen molar-refractivity contribution in [2.24, 2.45) is 0 Å². The number of aryl methyl sites for hydroxylation is 1. The van der Waals surface area contributed by atoms with Crippen LogP contribution in [0.15, 0.2) is 99.5 Å². The maximum atomic E-state index is 14.3. The summed E-state index contributed by atoms with van der Waals surface area (Å²) < 4.78 is 6.27. The van der Waals surface area contributed by atoms with Crippen LogP contribution in [0.5, 0.6) is 0 Å². The number of nitrogens with zero attached hydrogens (tertiary/aromatic N) is 3. The minimum atomic E-state index is -0.802. The van der Waals surface area contributed by atoms with Gasteiger partial charge in [-0.25, -0.2) is 14.8 Å². The molecule has 1 saturated heterocycles. The van der Waals surface area contributed by atoms with Crippen molar-refractivity contribution >= 4 is 93.9 Å². The van der Waals surface area contributed by atoms with Crippen LogP contribution in [0.25, 0.3) is 0 Å². The molecule has 51 heavy (non-hydrogen) atoms. The molecule has 3 heterocycles. The summed E-state index contributed by atoms with van der Waals surface area (Å²) in [6, 6.07) is 23.2. The van der Waals surface area contributed by atoms with E-state index in [9.17, 15) is 14.4 Å². The van der Waals surface area contributed by atoms with Gasteiger partial charge in [0.25, 0.3) is 5.91 Å². The molecule has 7 rings (SSSR count). The lowest BCUT2D eigenvalue weighted by Gasteiger charge is -2.49. The van der Waals surface area contributed by atoms with Crippen molar-refractivity contribution in [3.63, 3.8) is 0 Å². The molecular weight excluding hydrogens is 766 g/mol. The lowest BCUT2D eigenvalue weighted by atomic mass is 10.0. The van der Waals surface area contributed by atoms with Crippen molar-refractivity contribution in [3.8, 4) is 0 Å². The number of β-lactam (4-membered cyclic amide) rings is 1. The van der Waals surface area contributed by atoms with Gasteiger partial charge in [0.15, 0.2) is 11.3 Å². The predicted molar refractivity (Wildman–Crippen MR) is 207 cm³/mol. The molecule has 0 radical (unpaired) electrons. The van der Waals surface area contributed by atoms with Gasteiger partial charge in [-0.15, -0.1) is 35.3 Å². The van der Waals surface area contributed by atoms with Crippen molar-refractivity contribution in [1.29, 1.82) is 0 Å². The average molecular weight is 797 g/mol. The van der Waals surface area contributed by atoms with Crippen LogP contribution in [0.1, 0.15) is 34.9 Å². The number of aromatic nitrogens is 2. The molecule has 3 N–H and O–H groups in total. The predicted octanol–water partition coefficient (Wildman–Crippen LogP) is 7.37. The molecule has 3 aromatic carbocycles. The summed E-state index contributed by atoms with van der Waals surface area (Å²) in [5.74, 6) is -0.331. The van der Waals surface area contributed by atoms with Crippen LogP contribution in [0.2, 0.25) is 10.0 Å². The maximum absolute atomic E-state index is 14.3. The summed E-state index contributed by atoms with van der Waals surface area (Å²) in [6.45, 7) is 0. The number of halogens is 2. The first-order valence-electron chi connectivity index (χ1n) is 16.0. The minimum Gasteiger partial charge on any atom is -0.448 e. The van der Waals surface area contributed by atoms with E-state index in [2.05, 4.69) is 10.3 Å². The number of nitrogens with one attached hydrogen (secondary N) is 1. The normalized spacial score (nSPS) is 17.9. The van der Waals surface area contributed by atoms with E-state index in [1.165, 1.54) is 51.9 Å². The van der Waals surface area contributed by atoms with E-state index >= 15 is 0 Å². The Bertz CT molecular complexity index is 1970. The third kappa shape index (κ3) is 8.03. The van der Waals surface area contributed by atoms with Crippen LogP contribution in [0, 0.1) is 0 Å². The first kappa shape index (κ1) is 36.0. The number of benzene rings is 3. The molecule has 1 aromatic heterocycles. The molecule has 2 aliphatic heterocycles. The molecule has 2 atom stereocenters. The molecule has 0 saturated carbocycles. The van der Waals surface area contributed by atoms with Gasteiger partial charge in [-0.2, -0.15) is 0 Å². The zero-order valence-corrected chi connectivity index (χ0v) is 31.7. The van der Waals surface area contributed by atoms with E-state index in [-0.39, 0.29) is 23.3 Å². The summed E-state index contributed by atoms with van der Waals surface area (Å²) in [4.78, 5) is 53.2. The molecule has 0 bridgehead atoms. The third-order valence-electron chi connectivity index (χ3n) is 8.49. The zero-order valence-electron chi connectivity index (χ0n) is 26.9. The summed E-state index contributed by atoms with van der Waals surface area (Å²) >= 11 is 18.0. The highest BCUT2D eigenvalue weighted by atomic mass is 35.5. The van der Waals surface area contributed by atoms with Crippen LogP contribution < -0.4 is 11.1 Å². The number of carbonyl (C=O) groups excluding carboxylic acids is 3. The van der Waals surface area contributed by atoms with Gasteiger partial charge >= 0.3 is 5.97 Å². The van der Waals surface area contributed by atoms with Gasteiger partial charge in [0, 0.05) is 26.1 Å². The maximum Gasteiger partial charge on any atom is 0.356 e. The van der Waals surface area contributed by atoms with Crippen LogP contribution >= 0.6 is 70.2 Å². The Balaban J connectivity index is 1.11. The van der Waals surface area contributed by atoms with Gasteiger partial charge < -0.3 is 15.8 Å². The number of fused-ring (bicyclic) bond motifs is 2. The third-order valence-corrected chi connectivity index (χ3v) is 13.8. The Labute approximate surface area is 322 Å². The van der Waals surface area contributed by atoms with Crippen LogP contribution in [0.4, 0.5) is 5.82 Å². The number of nitrogens with two attached hydrogens (primary N) is 1. The summed E-state index contributed by atoms with van der Waals surface area (Å²) in [5.41, 5.74) is 10.0. The molecule has 262 valence electrons. The Kier molecular flexibility index (Phi) is 11.4. The highest BCUT2D eigenvalue weighted by Crippen LogP contribution is 2.45. The number of ether oxygens (including phenoxy) is 1. The standard InChI is InChI=1S/C36H31Cl2N5O4S4/c37-22-14-15-24(38)26(16-22)48-18-28(44)41-29-33(45)43-30(35(46)47-31(20-8-3-1-4-9-20)21-10-5-2-6-11-21)27(17-49-34(29)43)50-19-51-36-40-25-13-7-12-23(25)32(39)42-36/h1-6,8-11,14-16,29,31,34H,7,12-13,17-19H2,(H,41,44)(H2,39,40,42)/t29-,34-/m1/s1. The lowest BCUT2D eigenvalue weighted by Crippen LogP contribution is -2.70. The Morgan fingerprint density at radius 1 is 0.980 bits per heavy atom. The lowest BCUT2D eigenvalue weighted by molar-refractivity contribution is -0.154. The van der Waals surface area contributed by atoms with Crippen molar-refractivity contribution < 1.29 is 19.1 Å². The largest absolute Gasteiger partial charge is 0.448 e. The van der Waals surface area contributed by atoms with E-state index in [0.29, 0.717) is 41.7 Å². The molecule has 9 nitrogen and oxygen atoms in total. The molecule has 1 fully saturated rings. The topological polar surface area (TPSA) is 128 Å². The molecule has 3 aliphatic rings. The van der Waals surface area contributed by atoms with Gasteiger partial charge in [-0.1, -0.05) is 95.6 Å². The first-order chi connectivity index (χ1) is 24.8. The fourth-order valence-electron chi connectivity index (χ4n) is 6.04. The number of esters is 1. The summed E-state index contributed by atoms with van der Waals surface area (Å²) in [7, 11) is 0. The Hall–Kier alpha value is -3.33. The number of carbonyl (C=O) groups is 3. The number of hydrogen-bond acceptors (Lipinski definition) is 11. The van der Waals surface area contributed by atoms with E-state index in [4.69, 9.17) is 38.7 Å². The minimum absolute atomic E-state index is 0.0371. The monoisotopic (exact) mass is 795 g/mol. The van der Waals surface area contributed by atoms with E-state index in [1.54, 1.807) is 18.2 Å². The van der Waals surface area contributed by atoms with Crippen molar-refractivity contribution in [2.75, 3.05) is 22.3 Å². The number of thioether (sulfide) groups is 4. The van der Waals surface area contributed by atoms with Crippen molar-refractivity contribution in [3.05, 3.63) is 122 Å². The fraction of sp³-hybridized carbons (Fsp3) is 0.250. The number of amides is 2. The number of nitrogen functional groups attached to an aromatic ring is 1. The second kappa shape index (κ2) is 16.1. The van der Waals surface area contributed by atoms with Crippen molar-refractivity contribution in [1.82, 2.24) is 20.2 Å². The Morgan fingerprint density at radius 3 is 2.43 bits per heavy atom. The summed E-state index contributed by atoms with van der Waals surface area (Å²) in [5, 5.41) is 4.45.